The molecule has 35 heavy (non-hydrogen) atoms. The number of nitrogens with zero attached hydrogens (tertiary/aromatic N) is 4. The molecule has 184 valence electrons. The minimum absolute atomic E-state index is 0.0510. The molecule has 0 unspecified atom stereocenters. The average molecular weight is 481 g/mol. The molecule has 2 aromatic carbocycles. The molecule has 0 fully saturated rings. The van der Waals surface area contributed by atoms with Crippen LogP contribution in [0.25, 0.3) is 10.9 Å². The van der Waals surface area contributed by atoms with Crippen LogP contribution in [0, 0.1) is 11.6 Å². The van der Waals surface area contributed by atoms with Gasteiger partial charge in [0, 0.05) is 43.7 Å². The van der Waals surface area contributed by atoms with Gasteiger partial charge >= 0.3 is 0 Å². The van der Waals surface area contributed by atoms with E-state index < -0.39 is 11.6 Å². The molecule has 1 aliphatic heterocycles. The first-order valence-corrected chi connectivity index (χ1v) is 12.0. The van der Waals surface area contributed by atoms with Gasteiger partial charge in [0.15, 0.2) is 11.6 Å². The minimum Gasteiger partial charge on any atom is -0.334 e. The lowest BCUT2D eigenvalue weighted by Crippen LogP contribution is -2.38. The van der Waals surface area contributed by atoms with Crippen molar-refractivity contribution in [1.29, 1.82) is 0 Å². The zero-order valence-corrected chi connectivity index (χ0v) is 20.1. The van der Waals surface area contributed by atoms with Crippen LogP contribution in [0.5, 0.6) is 0 Å². The molecule has 0 aliphatic carbocycles. The Morgan fingerprint density at radius 1 is 0.971 bits per heavy atom. The largest absolute Gasteiger partial charge is 0.334 e. The summed E-state index contributed by atoms with van der Waals surface area (Å²) in [6, 6.07) is 11.5. The fourth-order valence-electron chi connectivity index (χ4n) is 4.50. The summed E-state index contributed by atoms with van der Waals surface area (Å²) in [5, 5.41) is 0.848. The van der Waals surface area contributed by atoms with Crippen molar-refractivity contribution in [3.05, 3.63) is 71.4 Å². The lowest BCUT2D eigenvalue weighted by Gasteiger charge is -2.31. The van der Waals surface area contributed by atoms with Gasteiger partial charge in [-0.15, -0.1) is 0 Å². The van der Waals surface area contributed by atoms with Crippen molar-refractivity contribution in [2.24, 2.45) is 0 Å². The lowest BCUT2D eigenvalue weighted by molar-refractivity contribution is -0.118. The number of hydrogen-bond donors (Lipinski definition) is 0. The molecule has 2 amide bonds. The molecule has 2 heterocycles. The Balaban J connectivity index is 1.75. The van der Waals surface area contributed by atoms with Crippen molar-refractivity contribution >= 4 is 28.4 Å². The molecule has 3 aromatic rings. The van der Waals surface area contributed by atoms with Crippen LogP contribution < -0.4 is 4.90 Å². The second-order valence-electron chi connectivity index (χ2n) is 8.95. The molecular formula is C27H30F2N4O2. The summed E-state index contributed by atoms with van der Waals surface area (Å²) in [6.07, 6.45) is 3.21. The monoisotopic (exact) mass is 480 g/mol. The van der Waals surface area contributed by atoms with E-state index in [2.05, 4.69) is 9.88 Å². The molecule has 0 atom stereocenters. The van der Waals surface area contributed by atoms with Crippen molar-refractivity contribution in [1.82, 2.24) is 14.8 Å². The van der Waals surface area contributed by atoms with Crippen molar-refractivity contribution in [3.8, 4) is 0 Å². The zero-order chi connectivity index (χ0) is 24.9. The molecule has 0 bridgehead atoms. The van der Waals surface area contributed by atoms with Gasteiger partial charge in [0.05, 0.1) is 16.8 Å². The van der Waals surface area contributed by atoms with E-state index in [0.717, 1.165) is 42.5 Å². The van der Waals surface area contributed by atoms with Crippen LogP contribution in [0.4, 0.5) is 14.5 Å². The second kappa shape index (κ2) is 10.9. The summed E-state index contributed by atoms with van der Waals surface area (Å²) in [5.74, 6) is -2.43. The summed E-state index contributed by atoms with van der Waals surface area (Å²) in [4.78, 5) is 36.1. The number of carbonyl (C=O) groups excluding carboxylic acids is 2. The molecule has 0 spiro atoms. The van der Waals surface area contributed by atoms with Gasteiger partial charge < -0.3 is 14.7 Å². The normalized spacial score (nSPS) is 15.9. The molecule has 0 saturated heterocycles. The van der Waals surface area contributed by atoms with Crippen molar-refractivity contribution < 1.29 is 18.4 Å². The Kier molecular flexibility index (Phi) is 7.70. The number of para-hydroxylation sites is 1. The Morgan fingerprint density at radius 2 is 1.69 bits per heavy atom. The van der Waals surface area contributed by atoms with Crippen molar-refractivity contribution in [3.63, 3.8) is 0 Å². The quantitative estimate of drug-likeness (QED) is 0.537. The Bertz CT molecular complexity index is 1230. The third-order valence-electron chi connectivity index (χ3n) is 6.39. The second-order valence-corrected chi connectivity index (χ2v) is 8.95. The highest BCUT2D eigenvalue weighted by Gasteiger charge is 2.25. The van der Waals surface area contributed by atoms with Crippen LogP contribution in [0.15, 0.2) is 48.7 Å². The van der Waals surface area contributed by atoms with Gasteiger partial charge in [-0.3, -0.25) is 14.6 Å². The number of fused-ring (bicyclic) bond motifs is 2. The molecule has 6 nitrogen and oxygen atoms in total. The molecule has 4 rings (SSSR count). The van der Waals surface area contributed by atoms with Gasteiger partial charge in [-0.25, -0.2) is 8.78 Å². The molecule has 8 heteroatoms. The van der Waals surface area contributed by atoms with Crippen LogP contribution in [0.3, 0.4) is 0 Å². The minimum atomic E-state index is -1.02. The highest BCUT2D eigenvalue weighted by atomic mass is 19.2. The number of benzene rings is 2. The maximum Gasteiger partial charge on any atom is 0.255 e. The highest BCUT2D eigenvalue weighted by Crippen LogP contribution is 2.28. The third-order valence-corrected chi connectivity index (χ3v) is 6.39. The van der Waals surface area contributed by atoms with Gasteiger partial charge in [0.25, 0.3) is 5.91 Å². The Morgan fingerprint density at radius 3 is 2.46 bits per heavy atom. The van der Waals surface area contributed by atoms with Crippen LogP contribution in [-0.4, -0.2) is 59.8 Å². The standard InChI is InChI=1S/C27H30F2N4O2/c1-3-26(34)33-13-7-11-31(2)10-6-12-32(18-21-15-22(28)23(29)16-25(21)33)27(35)20-14-19-8-4-5-9-24(19)30-17-20/h4-5,8-9,14-17H,3,6-7,10-13,18H2,1-2H3. The maximum atomic E-state index is 14.4. The van der Waals surface area contributed by atoms with Crippen LogP contribution in [0.2, 0.25) is 0 Å². The summed E-state index contributed by atoms with van der Waals surface area (Å²) < 4.78 is 28.7. The lowest BCUT2D eigenvalue weighted by atomic mass is 10.1. The predicted molar refractivity (Wildman–Crippen MR) is 132 cm³/mol. The average Bonchev–Trinajstić information content (AvgIpc) is 2.86. The van der Waals surface area contributed by atoms with Crippen molar-refractivity contribution in [2.75, 3.05) is 38.1 Å². The fourth-order valence-corrected chi connectivity index (χ4v) is 4.50. The summed E-state index contributed by atoms with van der Waals surface area (Å²) >= 11 is 0. The maximum absolute atomic E-state index is 14.4. The first-order valence-electron chi connectivity index (χ1n) is 12.0. The van der Waals surface area contributed by atoms with E-state index in [9.17, 15) is 18.4 Å². The van der Waals surface area contributed by atoms with E-state index in [1.54, 1.807) is 24.1 Å². The topological polar surface area (TPSA) is 56.8 Å². The van der Waals surface area contributed by atoms with E-state index in [1.807, 2.05) is 31.3 Å². The van der Waals surface area contributed by atoms with Crippen LogP contribution in [-0.2, 0) is 11.3 Å². The Hall–Kier alpha value is -3.39. The van der Waals surface area contributed by atoms with E-state index in [-0.39, 0.29) is 24.8 Å². The molecular weight excluding hydrogens is 450 g/mol. The van der Waals surface area contributed by atoms with Gasteiger partial charge in [-0.05, 0) is 56.7 Å². The highest BCUT2D eigenvalue weighted by molar-refractivity contribution is 5.97. The van der Waals surface area contributed by atoms with E-state index in [1.165, 1.54) is 4.90 Å². The number of amides is 2. The predicted octanol–water partition coefficient (Wildman–Crippen LogP) is 4.62. The first kappa shape index (κ1) is 24.7. The third kappa shape index (κ3) is 5.65. The van der Waals surface area contributed by atoms with E-state index >= 15 is 0 Å². The van der Waals surface area contributed by atoms with E-state index in [0.29, 0.717) is 36.3 Å². The zero-order valence-electron chi connectivity index (χ0n) is 20.1. The molecule has 1 aliphatic rings. The molecule has 1 aromatic heterocycles. The number of halogens is 2. The SMILES string of the molecule is CCC(=O)N1CCCN(C)CCCN(C(=O)c2cnc3ccccc3c2)Cc2cc(F)c(F)cc21. The van der Waals surface area contributed by atoms with E-state index in [4.69, 9.17) is 0 Å². The fraction of sp³-hybridized carbons (Fsp3) is 0.370. The number of aromatic nitrogens is 1. The number of carbonyl (C=O) groups is 2. The van der Waals surface area contributed by atoms with Gasteiger partial charge in [-0.2, -0.15) is 0 Å². The number of hydrogen-bond acceptors (Lipinski definition) is 4. The summed E-state index contributed by atoms with van der Waals surface area (Å²) in [7, 11) is 2.00. The smallest absolute Gasteiger partial charge is 0.255 e. The van der Waals surface area contributed by atoms with Crippen LogP contribution in [0.1, 0.15) is 42.1 Å². The molecule has 0 radical (unpaired) electrons. The number of anilines is 1. The molecule has 0 saturated carbocycles. The summed E-state index contributed by atoms with van der Waals surface area (Å²) in [5.41, 5.74) is 1.93. The van der Waals surface area contributed by atoms with Gasteiger partial charge in [0.2, 0.25) is 5.91 Å². The summed E-state index contributed by atoms with van der Waals surface area (Å²) in [6.45, 7) is 4.12. The number of pyridine rings is 1. The Labute approximate surface area is 204 Å². The number of rotatable bonds is 2. The van der Waals surface area contributed by atoms with Gasteiger partial charge in [0.1, 0.15) is 0 Å². The van der Waals surface area contributed by atoms with Crippen LogP contribution >= 0.6 is 0 Å². The first-order chi connectivity index (χ1) is 16.9. The van der Waals surface area contributed by atoms with Crippen molar-refractivity contribution in [2.45, 2.75) is 32.7 Å². The van der Waals surface area contributed by atoms with Gasteiger partial charge in [-0.1, -0.05) is 25.1 Å². The molecule has 0 N–H and O–H groups in total.